The van der Waals surface area contributed by atoms with Crippen LogP contribution in [0.1, 0.15) is 20.8 Å². The Kier molecular flexibility index (Phi) is 3.71. The lowest BCUT2D eigenvalue weighted by Crippen LogP contribution is -2.39. The summed E-state index contributed by atoms with van der Waals surface area (Å²) in [4.78, 5) is 15.2. The van der Waals surface area contributed by atoms with Crippen LogP contribution in [-0.4, -0.2) is 28.3 Å². The van der Waals surface area contributed by atoms with Crippen LogP contribution in [0.5, 0.6) is 11.6 Å². The Morgan fingerprint density at radius 1 is 1.50 bits per heavy atom. The highest BCUT2D eigenvalue weighted by atomic mass is 16.6. The van der Waals surface area contributed by atoms with Crippen molar-refractivity contribution in [2.75, 3.05) is 6.61 Å². The van der Waals surface area contributed by atoms with Gasteiger partial charge >= 0.3 is 5.97 Å². The zero-order valence-electron chi connectivity index (χ0n) is 9.56. The van der Waals surface area contributed by atoms with Gasteiger partial charge in [-0.05, 0) is 26.8 Å². The van der Waals surface area contributed by atoms with Gasteiger partial charge in [-0.25, -0.2) is 9.78 Å². The predicted molar refractivity (Wildman–Crippen MR) is 57.2 cm³/mol. The van der Waals surface area contributed by atoms with Gasteiger partial charge in [-0.3, -0.25) is 0 Å². The molecule has 0 saturated carbocycles. The highest BCUT2D eigenvalue weighted by Crippen LogP contribution is 2.20. The average molecular weight is 225 g/mol. The summed E-state index contributed by atoms with van der Waals surface area (Å²) in [5, 5.41) is 8.99. The summed E-state index contributed by atoms with van der Waals surface area (Å²) in [6, 6.07) is 2.92. The second-order valence-electron chi connectivity index (χ2n) is 3.68. The van der Waals surface area contributed by atoms with Gasteiger partial charge < -0.3 is 14.6 Å². The molecule has 0 aliphatic heterocycles. The first-order chi connectivity index (χ1) is 7.45. The van der Waals surface area contributed by atoms with E-state index in [0.29, 0.717) is 12.4 Å². The van der Waals surface area contributed by atoms with Crippen molar-refractivity contribution in [3.8, 4) is 11.6 Å². The zero-order valence-corrected chi connectivity index (χ0v) is 9.56. The molecule has 1 aromatic heterocycles. The van der Waals surface area contributed by atoms with Crippen LogP contribution in [0.2, 0.25) is 0 Å². The van der Waals surface area contributed by atoms with E-state index in [4.69, 9.17) is 14.6 Å². The number of nitrogens with zero attached hydrogens (tertiary/aromatic N) is 1. The lowest BCUT2D eigenvalue weighted by Gasteiger charge is -2.23. The first-order valence-corrected chi connectivity index (χ1v) is 4.97. The molecule has 0 unspecified atom stereocenters. The fourth-order valence-corrected chi connectivity index (χ4v) is 1.07. The highest BCUT2D eigenvalue weighted by Gasteiger charge is 2.31. The number of rotatable bonds is 4. The number of ether oxygens (including phenoxy) is 2. The molecule has 0 radical (unpaired) electrons. The van der Waals surface area contributed by atoms with Gasteiger partial charge in [0.1, 0.15) is 5.75 Å². The van der Waals surface area contributed by atoms with Crippen LogP contribution >= 0.6 is 0 Å². The molecular formula is C11H15NO4. The number of esters is 1. The summed E-state index contributed by atoms with van der Waals surface area (Å²) in [7, 11) is 0. The minimum Gasteiger partial charge on any atom is -0.493 e. The largest absolute Gasteiger partial charge is 0.493 e. The molecule has 0 fully saturated rings. The number of hydrogen-bond donors (Lipinski definition) is 1. The molecule has 1 rings (SSSR count). The van der Waals surface area contributed by atoms with E-state index in [2.05, 4.69) is 4.98 Å². The summed E-state index contributed by atoms with van der Waals surface area (Å²) in [5.41, 5.74) is -1.07. The minimum atomic E-state index is -1.07. The third kappa shape index (κ3) is 3.12. The van der Waals surface area contributed by atoms with Gasteiger partial charge in [0.15, 0.2) is 5.60 Å². The molecule has 0 spiro atoms. The SMILES string of the molecule is CCOC(=O)C(C)(C)Oc1ccc(O)nc1. The minimum absolute atomic E-state index is 0.0960. The molecule has 5 heteroatoms. The number of aromatic nitrogens is 1. The van der Waals surface area contributed by atoms with Gasteiger partial charge in [-0.2, -0.15) is 0 Å². The molecule has 1 aromatic rings. The monoisotopic (exact) mass is 225 g/mol. The van der Waals surface area contributed by atoms with E-state index < -0.39 is 11.6 Å². The fourth-order valence-electron chi connectivity index (χ4n) is 1.07. The van der Waals surface area contributed by atoms with E-state index in [-0.39, 0.29) is 5.88 Å². The van der Waals surface area contributed by atoms with Gasteiger partial charge in [0.25, 0.3) is 0 Å². The number of aromatic hydroxyl groups is 1. The van der Waals surface area contributed by atoms with Crippen LogP contribution in [0.3, 0.4) is 0 Å². The molecule has 16 heavy (non-hydrogen) atoms. The molecule has 5 nitrogen and oxygen atoms in total. The third-order valence-corrected chi connectivity index (χ3v) is 1.86. The number of pyridine rings is 1. The predicted octanol–water partition coefficient (Wildman–Crippen LogP) is 1.51. The Morgan fingerprint density at radius 3 is 2.69 bits per heavy atom. The lowest BCUT2D eigenvalue weighted by molar-refractivity contribution is -0.158. The molecule has 0 saturated heterocycles. The summed E-state index contributed by atoms with van der Waals surface area (Å²) >= 11 is 0. The van der Waals surface area contributed by atoms with Gasteiger partial charge in [-0.1, -0.05) is 0 Å². The van der Waals surface area contributed by atoms with Crippen molar-refractivity contribution in [3.63, 3.8) is 0 Å². The van der Waals surface area contributed by atoms with E-state index in [1.165, 1.54) is 18.3 Å². The van der Waals surface area contributed by atoms with Crippen LogP contribution < -0.4 is 4.74 Å². The molecule has 0 aliphatic carbocycles. The van der Waals surface area contributed by atoms with Crippen LogP contribution in [0.15, 0.2) is 18.3 Å². The van der Waals surface area contributed by atoms with Crippen molar-refractivity contribution in [2.24, 2.45) is 0 Å². The van der Waals surface area contributed by atoms with Crippen molar-refractivity contribution < 1.29 is 19.4 Å². The summed E-state index contributed by atoms with van der Waals surface area (Å²) in [5.74, 6) is -0.139. The number of carbonyl (C=O) groups is 1. The van der Waals surface area contributed by atoms with Gasteiger partial charge in [0, 0.05) is 6.07 Å². The maximum absolute atomic E-state index is 11.5. The van der Waals surface area contributed by atoms with E-state index in [9.17, 15) is 4.79 Å². The smallest absolute Gasteiger partial charge is 0.349 e. The molecule has 0 aromatic carbocycles. The molecule has 1 N–H and O–H groups in total. The Balaban J connectivity index is 2.72. The lowest BCUT2D eigenvalue weighted by atomic mass is 10.1. The number of hydrogen-bond acceptors (Lipinski definition) is 5. The molecular weight excluding hydrogens is 210 g/mol. The average Bonchev–Trinajstić information content (AvgIpc) is 2.21. The first kappa shape index (κ1) is 12.3. The van der Waals surface area contributed by atoms with Crippen molar-refractivity contribution >= 4 is 5.97 Å². The van der Waals surface area contributed by atoms with Gasteiger partial charge in [-0.15, -0.1) is 0 Å². The van der Waals surface area contributed by atoms with Crippen molar-refractivity contribution in [3.05, 3.63) is 18.3 Å². The molecule has 1 heterocycles. The topological polar surface area (TPSA) is 68.7 Å². The summed E-state index contributed by atoms with van der Waals surface area (Å²) in [6.45, 7) is 5.26. The molecule has 0 amide bonds. The Hall–Kier alpha value is -1.78. The van der Waals surface area contributed by atoms with E-state index in [1.54, 1.807) is 20.8 Å². The van der Waals surface area contributed by atoms with Crippen LogP contribution in [-0.2, 0) is 9.53 Å². The van der Waals surface area contributed by atoms with Gasteiger partial charge in [0.2, 0.25) is 5.88 Å². The zero-order chi connectivity index (χ0) is 12.2. The second kappa shape index (κ2) is 4.83. The van der Waals surface area contributed by atoms with Crippen LogP contribution in [0.25, 0.3) is 0 Å². The van der Waals surface area contributed by atoms with Crippen LogP contribution in [0, 0.1) is 0 Å². The second-order valence-corrected chi connectivity index (χ2v) is 3.68. The molecule has 0 atom stereocenters. The maximum Gasteiger partial charge on any atom is 0.349 e. The Morgan fingerprint density at radius 2 is 2.19 bits per heavy atom. The van der Waals surface area contributed by atoms with E-state index >= 15 is 0 Å². The molecule has 0 aliphatic rings. The Labute approximate surface area is 94.0 Å². The van der Waals surface area contributed by atoms with Crippen molar-refractivity contribution in [2.45, 2.75) is 26.4 Å². The normalized spacial score (nSPS) is 10.9. The summed E-state index contributed by atoms with van der Waals surface area (Å²) in [6.07, 6.45) is 1.34. The van der Waals surface area contributed by atoms with E-state index in [1.807, 2.05) is 0 Å². The standard InChI is InChI=1S/C11H15NO4/c1-4-15-10(14)11(2,3)16-8-5-6-9(13)12-7-8/h5-7H,4H2,1-3H3,(H,12,13). The summed E-state index contributed by atoms with van der Waals surface area (Å²) < 4.78 is 10.3. The van der Waals surface area contributed by atoms with Gasteiger partial charge in [0.05, 0.1) is 12.8 Å². The first-order valence-electron chi connectivity index (χ1n) is 4.97. The van der Waals surface area contributed by atoms with Crippen LogP contribution in [0.4, 0.5) is 0 Å². The highest BCUT2D eigenvalue weighted by molar-refractivity contribution is 5.79. The maximum atomic E-state index is 11.5. The number of carbonyl (C=O) groups excluding carboxylic acids is 1. The molecule has 88 valence electrons. The fraction of sp³-hybridized carbons (Fsp3) is 0.455. The Bertz CT molecular complexity index is 359. The molecule has 0 bridgehead atoms. The van der Waals surface area contributed by atoms with Crippen molar-refractivity contribution in [1.82, 2.24) is 4.98 Å². The third-order valence-electron chi connectivity index (χ3n) is 1.86. The van der Waals surface area contributed by atoms with E-state index in [0.717, 1.165) is 0 Å². The quantitative estimate of drug-likeness (QED) is 0.786. The van der Waals surface area contributed by atoms with Crippen molar-refractivity contribution in [1.29, 1.82) is 0 Å².